The van der Waals surface area contributed by atoms with Gasteiger partial charge in [0.1, 0.15) is 11.3 Å². The number of benzene rings is 1. The molecule has 0 fully saturated rings. The van der Waals surface area contributed by atoms with Gasteiger partial charge in [0.15, 0.2) is 5.82 Å². The smallest absolute Gasteiger partial charge is 0.246 e. The summed E-state index contributed by atoms with van der Waals surface area (Å²) in [6.07, 6.45) is 6.12. The van der Waals surface area contributed by atoms with Gasteiger partial charge in [-0.05, 0) is 37.1 Å². The summed E-state index contributed by atoms with van der Waals surface area (Å²) in [7, 11) is 1.77. The van der Waals surface area contributed by atoms with E-state index in [2.05, 4.69) is 28.6 Å². The number of hydrogen-bond donors (Lipinski definition) is 2. The molecule has 1 unspecified atom stereocenters. The minimum absolute atomic E-state index is 0.0649. The number of furan rings is 1. The van der Waals surface area contributed by atoms with E-state index >= 15 is 0 Å². The Morgan fingerprint density at radius 2 is 2.16 bits per heavy atom. The Hall–Kier alpha value is -3.61. The highest BCUT2D eigenvalue weighted by Crippen LogP contribution is 2.33. The normalized spacial score (nSPS) is 14.6. The lowest BCUT2D eigenvalue weighted by molar-refractivity contribution is -0.126. The number of rotatable bonds is 5. The molecule has 1 aliphatic rings. The second kappa shape index (κ2) is 8.63. The molecule has 0 aliphatic carbocycles. The lowest BCUT2D eigenvalue weighted by atomic mass is 10.0. The standard InChI is InChI=1S/C24H26N4O3/c1-4-17-18-7-5-6-8-20(18)31-23(17)15(2)28(3)22(30)10-9-16-13-19-24(26-14-16)27-21(29)11-12-25-19/h5-10,13-15,25H,4,11-12H2,1-3H3,(H,26,27,29). The maximum Gasteiger partial charge on any atom is 0.246 e. The van der Waals surface area contributed by atoms with Crippen LogP contribution < -0.4 is 10.6 Å². The van der Waals surface area contributed by atoms with Crippen LogP contribution in [0.4, 0.5) is 11.5 Å². The van der Waals surface area contributed by atoms with Crippen LogP contribution in [-0.4, -0.2) is 35.3 Å². The molecule has 1 atom stereocenters. The second-order valence-electron chi connectivity index (χ2n) is 7.64. The van der Waals surface area contributed by atoms with E-state index in [9.17, 15) is 9.59 Å². The van der Waals surface area contributed by atoms with Gasteiger partial charge in [-0.3, -0.25) is 9.59 Å². The zero-order valence-electron chi connectivity index (χ0n) is 17.9. The van der Waals surface area contributed by atoms with Crippen LogP contribution in [0.2, 0.25) is 0 Å². The third kappa shape index (κ3) is 4.17. The quantitative estimate of drug-likeness (QED) is 0.601. The Balaban J connectivity index is 1.52. The first-order valence-corrected chi connectivity index (χ1v) is 10.5. The molecule has 4 rings (SSSR count). The average Bonchev–Trinajstić information content (AvgIpc) is 3.05. The van der Waals surface area contributed by atoms with Crippen LogP contribution in [0.15, 0.2) is 47.0 Å². The predicted octanol–water partition coefficient (Wildman–Crippen LogP) is 4.38. The molecule has 7 nitrogen and oxygen atoms in total. The molecule has 0 spiro atoms. The second-order valence-corrected chi connectivity index (χ2v) is 7.64. The first-order chi connectivity index (χ1) is 15.0. The van der Waals surface area contributed by atoms with Crippen LogP contribution in [-0.2, 0) is 16.0 Å². The maximum absolute atomic E-state index is 12.8. The van der Waals surface area contributed by atoms with Crippen molar-refractivity contribution >= 4 is 40.4 Å². The van der Waals surface area contributed by atoms with Gasteiger partial charge < -0.3 is 20.0 Å². The highest BCUT2D eigenvalue weighted by Gasteiger charge is 2.23. The number of nitrogens with zero attached hydrogens (tertiary/aromatic N) is 2. The molecule has 0 saturated carbocycles. The zero-order chi connectivity index (χ0) is 22.0. The van der Waals surface area contributed by atoms with Crippen LogP contribution in [0.5, 0.6) is 0 Å². The summed E-state index contributed by atoms with van der Waals surface area (Å²) >= 11 is 0. The summed E-state index contributed by atoms with van der Waals surface area (Å²) in [6, 6.07) is 9.62. The number of pyridine rings is 1. The monoisotopic (exact) mass is 418 g/mol. The van der Waals surface area contributed by atoms with E-state index in [1.807, 2.05) is 31.2 Å². The molecular formula is C24H26N4O3. The summed E-state index contributed by atoms with van der Waals surface area (Å²) < 4.78 is 6.10. The van der Waals surface area contributed by atoms with Crippen molar-refractivity contribution in [2.75, 3.05) is 24.2 Å². The Labute approximate surface area is 181 Å². The molecule has 7 heteroatoms. The van der Waals surface area contributed by atoms with E-state index < -0.39 is 0 Å². The van der Waals surface area contributed by atoms with Crippen LogP contribution >= 0.6 is 0 Å². The van der Waals surface area contributed by atoms with Crippen LogP contribution in [0.25, 0.3) is 17.0 Å². The Morgan fingerprint density at radius 1 is 1.35 bits per heavy atom. The van der Waals surface area contributed by atoms with Crippen molar-refractivity contribution in [3.63, 3.8) is 0 Å². The minimum Gasteiger partial charge on any atom is -0.459 e. The number of hydrogen-bond acceptors (Lipinski definition) is 5. The highest BCUT2D eigenvalue weighted by atomic mass is 16.3. The van der Waals surface area contributed by atoms with Gasteiger partial charge in [-0.2, -0.15) is 0 Å². The molecule has 160 valence electrons. The van der Waals surface area contributed by atoms with Gasteiger partial charge in [0, 0.05) is 43.2 Å². The number of fused-ring (bicyclic) bond motifs is 2. The van der Waals surface area contributed by atoms with Crippen molar-refractivity contribution < 1.29 is 14.0 Å². The van der Waals surface area contributed by atoms with Gasteiger partial charge in [-0.15, -0.1) is 0 Å². The third-order valence-electron chi connectivity index (χ3n) is 5.64. The average molecular weight is 418 g/mol. The van der Waals surface area contributed by atoms with E-state index in [0.29, 0.717) is 18.8 Å². The van der Waals surface area contributed by atoms with Gasteiger partial charge in [0.25, 0.3) is 0 Å². The minimum atomic E-state index is -0.207. The number of likely N-dealkylation sites (N-methyl/N-ethyl adjacent to an activating group) is 1. The van der Waals surface area contributed by atoms with E-state index in [0.717, 1.165) is 40.0 Å². The lowest BCUT2D eigenvalue weighted by Gasteiger charge is -2.23. The Kier molecular flexibility index (Phi) is 5.75. The molecule has 0 saturated heterocycles. The number of carbonyl (C=O) groups is 2. The number of carbonyl (C=O) groups excluding carboxylic acids is 2. The fourth-order valence-corrected chi connectivity index (χ4v) is 3.78. The predicted molar refractivity (Wildman–Crippen MR) is 122 cm³/mol. The van der Waals surface area contributed by atoms with Crippen molar-refractivity contribution in [1.29, 1.82) is 0 Å². The van der Waals surface area contributed by atoms with Crippen molar-refractivity contribution in [2.45, 2.75) is 32.7 Å². The molecule has 2 N–H and O–H groups in total. The molecule has 3 aromatic rings. The summed E-state index contributed by atoms with van der Waals surface area (Å²) in [5, 5.41) is 7.05. The number of nitrogens with one attached hydrogen (secondary N) is 2. The molecule has 3 heterocycles. The van der Waals surface area contributed by atoms with Crippen molar-refractivity contribution in [1.82, 2.24) is 9.88 Å². The number of anilines is 2. The number of aryl methyl sites for hydroxylation is 1. The van der Waals surface area contributed by atoms with E-state index in [-0.39, 0.29) is 17.9 Å². The fourth-order valence-electron chi connectivity index (χ4n) is 3.78. The topological polar surface area (TPSA) is 87.5 Å². The molecule has 2 aromatic heterocycles. The highest BCUT2D eigenvalue weighted by molar-refractivity contribution is 5.95. The number of amides is 2. The van der Waals surface area contributed by atoms with Gasteiger partial charge in [-0.25, -0.2) is 4.98 Å². The summed E-state index contributed by atoms with van der Waals surface area (Å²) in [5.74, 6) is 1.13. The third-order valence-corrected chi connectivity index (χ3v) is 5.64. The van der Waals surface area contributed by atoms with Gasteiger partial charge in [-0.1, -0.05) is 25.1 Å². The first kappa shape index (κ1) is 20.7. The molecule has 2 amide bonds. The largest absolute Gasteiger partial charge is 0.459 e. The maximum atomic E-state index is 12.8. The van der Waals surface area contributed by atoms with Gasteiger partial charge in [0.05, 0.1) is 11.7 Å². The molecular weight excluding hydrogens is 392 g/mol. The van der Waals surface area contributed by atoms with Crippen molar-refractivity contribution in [2.24, 2.45) is 0 Å². The molecule has 1 aliphatic heterocycles. The SMILES string of the molecule is CCc1c(C(C)N(C)C(=O)C=Cc2cnc3c(c2)NCCC(=O)N3)oc2ccccc12. The van der Waals surface area contributed by atoms with Crippen LogP contribution in [0, 0.1) is 0 Å². The van der Waals surface area contributed by atoms with E-state index in [4.69, 9.17) is 4.42 Å². The first-order valence-electron chi connectivity index (χ1n) is 10.5. The van der Waals surface area contributed by atoms with Crippen LogP contribution in [0.3, 0.4) is 0 Å². The lowest BCUT2D eigenvalue weighted by Crippen LogP contribution is -2.28. The fraction of sp³-hybridized carbons (Fsp3) is 0.292. The van der Waals surface area contributed by atoms with E-state index in [1.54, 1.807) is 24.2 Å². The summed E-state index contributed by atoms with van der Waals surface area (Å²) in [5.41, 5.74) is 3.50. The van der Waals surface area contributed by atoms with Gasteiger partial charge >= 0.3 is 0 Å². The summed E-state index contributed by atoms with van der Waals surface area (Å²) in [4.78, 5) is 30.4. The van der Waals surface area contributed by atoms with Crippen molar-refractivity contribution in [3.8, 4) is 0 Å². The molecule has 0 radical (unpaired) electrons. The Bertz CT molecular complexity index is 1160. The Morgan fingerprint density at radius 3 is 2.97 bits per heavy atom. The van der Waals surface area contributed by atoms with E-state index in [1.165, 1.54) is 6.08 Å². The number of aromatic nitrogens is 1. The molecule has 31 heavy (non-hydrogen) atoms. The van der Waals surface area contributed by atoms with Crippen molar-refractivity contribution in [3.05, 3.63) is 59.5 Å². The van der Waals surface area contributed by atoms with Gasteiger partial charge in [0.2, 0.25) is 11.8 Å². The summed E-state index contributed by atoms with van der Waals surface area (Å²) in [6.45, 7) is 4.61. The number of para-hydroxylation sites is 1. The van der Waals surface area contributed by atoms with Crippen LogP contribution in [0.1, 0.15) is 43.2 Å². The molecule has 0 bridgehead atoms. The molecule has 1 aromatic carbocycles. The zero-order valence-corrected chi connectivity index (χ0v) is 17.9.